The van der Waals surface area contributed by atoms with Crippen LogP contribution in [-0.2, 0) is 5.41 Å². The molecule has 50 heavy (non-hydrogen) atoms. The van der Waals surface area contributed by atoms with E-state index in [4.69, 9.17) is 4.98 Å². The molecule has 8 rings (SSSR count). The fraction of sp³-hybridized carbons (Fsp3) is 0.271. The van der Waals surface area contributed by atoms with E-state index in [1.165, 1.54) is 99.2 Å². The van der Waals surface area contributed by atoms with Gasteiger partial charge in [-0.15, -0.1) is 13.2 Å². The average molecular weight is 678 g/mol. The number of aromatic nitrogens is 1. The first-order valence-corrected chi connectivity index (χ1v) is 19.1. The smallest absolute Gasteiger partial charge is 0.0711 e. The summed E-state index contributed by atoms with van der Waals surface area (Å²) < 4.78 is 0. The molecule has 0 spiro atoms. The van der Waals surface area contributed by atoms with Crippen LogP contribution in [0, 0.1) is 13.8 Å². The highest BCUT2D eigenvalue weighted by Gasteiger charge is 2.39. The van der Waals surface area contributed by atoms with E-state index in [0.717, 1.165) is 6.42 Å². The minimum Gasteiger partial charge on any atom is -0.256 e. The van der Waals surface area contributed by atoms with Gasteiger partial charge in [-0.1, -0.05) is 121 Å². The van der Waals surface area contributed by atoms with Crippen molar-refractivity contribution in [3.05, 3.63) is 132 Å². The molecule has 2 heteroatoms. The summed E-state index contributed by atoms with van der Waals surface area (Å²) >= 11 is 3.53. The molecule has 0 bridgehead atoms. The molecule has 0 saturated carbocycles. The van der Waals surface area contributed by atoms with Gasteiger partial charge in [-0.25, -0.2) is 0 Å². The van der Waals surface area contributed by atoms with Gasteiger partial charge in [-0.05, 0) is 140 Å². The van der Waals surface area contributed by atoms with Crippen LogP contribution in [0.15, 0.2) is 110 Å². The van der Waals surface area contributed by atoms with Crippen LogP contribution in [0.5, 0.6) is 0 Å². The Balaban J connectivity index is 0.000000658. The van der Waals surface area contributed by atoms with Crippen LogP contribution < -0.4 is 0 Å². The number of fused-ring (bicyclic) bond motifs is 8. The predicted molar refractivity (Wildman–Crippen MR) is 230 cm³/mol. The van der Waals surface area contributed by atoms with Crippen molar-refractivity contribution in [1.29, 1.82) is 0 Å². The molecule has 0 aliphatic heterocycles. The van der Waals surface area contributed by atoms with Crippen molar-refractivity contribution in [2.24, 2.45) is 0 Å². The largest absolute Gasteiger partial charge is 0.256 e. The molecule has 6 aromatic rings. The second-order valence-electron chi connectivity index (χ2n) is 12.7. The molecule has 1 heterocycles. The summed E-state index contributed by atoms with van der Waals surface area (Å²) in [6.45, 7) is 27.6. The zero-order valence-corrected chi connectivity index (χ0v) is 33.1. The molecule has 1 nitrogen and oxygen atoms in total. The molecule has 0 atom stereocenters. The van der Waals surface area contributed by atoms with E-state index < -0.39 is 0 Å². The minimum absolute atomic E-state index is 0.136. The summed E-state index contributed by atoms with van der Waals surface area (Å²) in [5.41, 5.74) is 15.8. The van der Waals surface area contributed by atoms with E-state index in [-0.39, 0.29) is 5.41 Å². The quantitative estimate of drug-likeness (QED) is 0.112. The van der Waals surface area contributed by atoms with Crippen molar-refractivity contribution in [2.75, 3.05) is 6.26 Å². The Morgan fingerprint density at radius 2 is 1.32 bits per heavy atom. The van der Waals surface area contributed by atoms with Gasteiger partial charge in [0, 0.05) is 11.6 Å². The fourth-order valence-corrected chi connectivity index (χ4v) is 8.11. The van der Waals surface area contributed by atoms with E-state index in [1.54, 1.807) is 6.26 Å². The number of hydrogen-bond acceptors (Lipinski definition) is 2. The van der Waals surface area contributed by atoms with E-state index in [9.17, 15) is 0 Å². The summed E-state index contributed by atoms with van der Waals surface area (Å²) in [5, 5.41) is 8.02. The molecule has 0 unspecified atom stereocenters. The van der Waals surface area contributed by atoms with Crippen LogP contribution in [0.25, 0.3) is 71.3 Å². The summed E-state index contributed by atoms with van der Waals surface area (Å²) in [5.74, 6) is 0. The summed E-state index contributed by atoms with van der Waals surface area (Å²) in [4.78, 5) is 5.01. The van der Waals surface area contributed by atoms with E-state index in [0.29, 0.717) is 0 Å². The second kappa shape index (κ2) is 16.1. The monoisotopic (exact) mass is 677 g/mol. The molecule has 2 aliphatic carbocycles. The van der Waals surface area contributed by atoms with E-state index >= 15 is 0 Å². The van der Waals surface area contributed by atoms with Crippen LogP contribution in [0.4, 0.5) is 0 Å². The average Bonchev–Trinajstić information content (AvgIpc) is 3.61. The third-order valence-corrected chi connectivity index (χ3v) is 9.92. The van der Waals surface area contributed by atoms with E-state index in [1.807, 2.05) is 33.9 Å². The van der Waals surface area contributed by atoms with E-state index in [2.05, 4.69) is 152 Å². The first-order chi connectivity index (χ1) is 24.3. The van der Waals surface area contributed by atoms with Crippen LogP contribution in [-0.4, -0.2) is 11.2 Å². The maximum Gasteiger partial charge on any atom is 0.0711 e. The number of nitrogens with zero attached hydrogens (tertiary/aromatic N) is 1. The topological polar surface area (TPSA) is 12.9 Å². The van der Waals surface area contributed by atoms with Crippen LogP contribution in [0.1, 0.15) is 84.2 Å². The Morgan fingerprint density at radius 3 is 1.98 bits per heavy atom. The number of rotatable bonds is 3. The molecule has 5 aromatic carbocycles. The molecular weight excluding hydrogens is 623 g/mol. The molecular formula is C48H55NS. The third-order valence-electron chi connectivity index (χ3n) is 9.92. The lowest BCUT2D eigenvalue weighted by molar-refractivity contribution is 0.653. The van der Waals surface area contributed by atoms with Gasteiger partial charge in [0.05, 0.1) is 5.69 Å². The molecule has 258 valence electrons. The van der Waals surface area contributed by atoms with Gasteiger partial charge >= 0.3 is 0 Å². The van der Waals surface area contributed by atoms with Gasteiger partial charge in [-0.3, -0.25) is 4.98 Å². The van der Waals surface area contributed by atoms with Crippen molar-refractivity contribution in [3.8, 4) is 33.4 Å². The van der Waals surface area contributed by atoms with Gasteiger partial charge in [0.2, 0.25) is 0 Å². The van der Waals surface area contributed by atoms with Crippen LogP contribution >= 0.6 is 12.6 Å². The van der Waals surface area contributed by atoms with Gasteiger partial charge < -0.3 is 0 Å². The van der Waals surface area contributed by atoms with Crippen LogP contribution in [0.3, 0.4) is 0 Å². The molecule has 0 N–H and O–H groups in total. The van der Waals surface area contributed by atoms with Gasteiger partial charge in [-0.2, -0.15) is 12.6 Å². The van der Waals surface area contributed by atoms with Gasteiger partial charge in [0.1, 0.15) is 0 Å². The lowest BCUT2D eigenvalue weighted by Gasteiger charge is -2.26. The van der Waals surface area contributed by atoms with Crippen molar-refractivity contribution < 1.29 is 0 Å². The van der Waals surface area contributed by atoms with Gasteiger partial charge in [0.25, 0.3) is 0 Å². The number of pyridine rings is 1. The number of benzene rings is 5. The fourth-order valence-electron chi connectivity index (χ4n) is 8.11. The maximum atomic E-state index is 5.01. The summed E-state index contributed by atoms with van der Waals surface area (Å²) in [6, 6.07) is 27.8. The highest BCUT2D eigenvalue weighted by Crippen LogP contribution is 2.54. The van der Waals surface area contributed by atoms with Crippen molar-refractivity contribution >= 4 is 50.5 Å². The SMILES string of the molecule is C/C=C\C1=C(CC)c2nccc(-c3cc4c5ccc(C)c6c5c(cc4c4ccc(C)cc34)-c3ccccc3-6)c2C1(C)C.C=C.CC.CC.CS. The Morgan fingerprint density at radius 1 is 0.700 bits per heavy atom. The summed E-state index contributed by atoms with van der Waals surface area (Å²) in [7, 11) is 0. The molecule has 0 saturated heterocycles. The molecule has 0 amide bonds. The third kappa shape index (κ3) is 5.92. The lowest BCUT2D eigenvalue weighted by atomic mass is 9.77. The number of aryl methyl sites for hydroxylation is 2. The Labute approximate surface area is 307 Å². The van der Waals surface area contributed by atoms with Crippen molar-refractivity contribution in [2.45, 2.75) is 81.1 Å². The Bertz CT molecular complexity index is 2250. The molecule has 1 aromatic heterocycles. The summed E-state index contributed by atoms with van der Waals surface area (Å²) in [6.07, 6.45) is 9.17. The van der Waals surface area contributed by atoms with Crippen LogP contribution in [0.2, 0.25) is 0 Å². The standard InChI is InChI=1S/C41H35N.2C2H6.C2H4.CH4S/c1-7-11-36-25(8-2)40-39(41(36,5)6)30(18-19-42-40)34-21-33-29-17-15-24(4)37-28-13-10-9-12-26(28)35(38(29)37)22-32(33)27-16-14-23(3)20-31(27)34;4*1-2/h7,9-22H,8H2,1-6H3;2*1-2H3;1-2H2;2H,1H3/b11-7-;;;;. The first-order valence-electron chi connectivity index (χ1n) is 18.2. The highest BCUT2D eigenvalue weighted by atomic mass is 32.1. The van der Waals surface area contributed by atoms with Crippen molar-refractivity contribution in [3.63, 3.8) is 0 Å². The molecule has 0 fully saturated rings. The second-order valence-corrected chi connectivity index (χ2v) is 12.7. The number of hydrogen-bond donors (Lipinski definition) is 1. The normalized spacial score (nSPS) is 13.0. The van der Waals surface area contributed by atoms with Gasteiger partial charge in [0.15, 0.2) is 0 Å². The lowest BCUT2D eigenvalue weighted by Crippen LogP contribution is -2.18. The highest BCUT2D eigenvalue weighted by molar-refractivity contribution is 7.79. The Kier molecular flexibility index (Phi) is 12.4. The number of thiol groups is 1. The first kappa shape index (κ1) is 38.4. The molecule has 2 aliphatic rings. The maximum absolute atomic E-state index is 5.01. The molecule has 0 radical (unpaired) electrons. The minimum atomic E-state index is -0.136. The zero-order chi connectivity index (χ0) is 36.9. The zero-order valence-electron chi connectivity index (χ0n) is 32.2. The Hall–Kier alpha value is -4.40. The number of allylic oxidation sites excluding steroid dienone is 4. The van der Waals surface area contributed by atoms with Crippen molar-refractivity contribution in [1.82, 2.24) is 4.98 Å². The predicted octanol–water partition coefficient (Wildman–Crippen LogP) is 14.9.